The molecule has 1 saturated heterocycles. The molecule has 43 heavy (non-hydrogen) atoms. The number of amides is 2. The molecule has 2 aliphatic carbocycles. The lowest BCUT2D eigenvalue weighted by Gasteiger charge is -2.27. The highest BCUT2D eigenvalue weighted by atomic mass is 16.5. The van der Waals surface area contributed by atoms with Gasteiger partial charge in [-0.3, -0.25) is 9.89 Å². The predicted octanol–water partition coefficient (Wildman–Crippen LogP) is 4.11. The number of aromatic nitrogens is 6. The van der Waals surface area contributed by atoms with E-state index in [1.807, 2.05) is 29.4 Å². The molecule has 12 nitrogen and oxygen atoms in total. The largest absolute Gasteiger partial charge is 0.494 e. The monoisotopic (exact) mass is 580 g/mol. The van der Waals surface area contributed by atoms with E-state index in [1.165, 1.54) is 12.8 Å². The summed E-state index contributed by atoms with van der Waals surface area (Å²) < 4.78 is 10.3. The van der Waals surface area contributed by atoms with Crippen LogP contribution in [0.1, 0.15) is 41.6 Å². The maximum atomic E-state index is 13.9. The summed E-state index contributed by atoms with van der Waals surface area (Å²) in [5.41, 5.74) is 4.81. The number of nitrogens with zero attached hydrogens (tertiary/aromatic N) is 6. The number of imidazole rings is 1. The quantitative estimate of drug-likeness (QED) is 0.251. The number of aromatic amines is 1. The maximum Gasteiger partial charge on any atom is 0.404 e. The van der Waals surface area contributed by atoms with Gasteiger partial charge in [0.25, 0.3) is 5.91 Å². The van der Waals surface area contributed by atoms with Crippen molar-refractivity contribution >= 4 is 34.1 Å². The van der Waals surface area contributed by atoms with E-state index >= 15 is 0 Å². The van der Waals surface area contributed by atoms with Crippen molar-refractivity contribution in [2.75, 3.05) is 13.7 Å². The van der Waals surface area contributed by atoms with Crippen molar-refractivity contribution in [3.8, 4) is 17.3 Å². The molecule has 0 radical (unpaired) electrons. The first kappa shape index (κ1) is 25.8. The van der Waals surface area contributed by atoms with Crippen molar-refractivity contribution in [1.82, 2.24) is 39.5 Å². The first-order valence-corrected chi connectivity index (χ1v) is 14.8. The Hall–Kier alpha value is -4.87. The number of hydrogen-bond donors (Lipinski definition) is 3. The molecule has 4 aromatic heterocycles. The van der Waals surface area contributed by atoms with Crippen LogP contribution in [0, 0.1) is 11.8 Å². The Balaban J connectivity index is 1.26. The van der Waals surface area contributed by atoms with Gasteiger partial charge in [-0.2, -0.15) is 5.10 Å². The summed E-state index contributed by atoms with van der Waals surface area (Å²) in [5.74, 6) is 1.93. The summed E-state index contributed by atoms with van der Waals surface area (Å²) in [6.07, 6.45) is 8.54. The van der Waals surface area contributed by atoms with E-state index in [4.69, 9.17) is 14.7 Å². The van der Waals surface area contributed by atoms with Gasteiger partial charge in [0.2, 0.25) is 0 Å². The zero-order chi connectivity index (χ0) is 29.2. The molecule has 5 heterocycles. The van der Waals surface area contributed by atoms with Crippen molar-refractivity contribution in [3.63, 3.8) is 0 Å². The summed E-state index contributed by atoms with van der Waals surface area (Å²) in [6, 6.07) is 9.40. The standard InChI is InChI=1S/C31H32N8O4/c1-43-25-11-21(30(40)38-16-20-6-7-23(38)26(20)36-31(41)42)9-22-27(25)39(15-18-12-33-34-13-18)29(35-22)24-10-19-3-2-8-32-28(19)37(24)14-17-4-5-17/h2-3,8-13,17,20,23,26,36H,4-7,14-16H2,1H3,(H,33,34)(H,41,42)/t20?,23?,26-/m1/s1. The number of H-pyrrole nitrogens is 1. The molecule has 12 heteroatoms. The van der Waals surface area contributed by atoms with Gasteiger partial charge in [-0.05, 0) is 67.9 Å². The Morgan fingerprint density at radius 3 is 2.81 bits per heavy atom. The predicted molar refractivity (Wildman–Crippen MR) is 158 cm³/mol. The van der Waals surface area contributed by atoms with Crippen LogP contribution in [0.2, 0.25) is 0 Å². The Morgan fingerprint density at radius 1 is 1.16 bits per heavy atom. The Labute approximate surface area is 246 Å². The number of rotatable bonds is 8. The lowest BCUT2D eigenvalue weighted by molar-refractivity contribution is 0.0697. The Morgan fingerprint density at radius 2 is 2.05 bits per heavy atom. The molecule has 8 rings (SSSR count). The second kappa shape index (κ2) is 9.85. The van der Waals surface area contributed by atoms with Gasteiger partial charge >= 0.3 is 6.09 Å². The molecule has 2 bridgehead atoms. The first-order valence-electron chi connectivity index (χ1n) is 14.8. The van der Waals surface area contributed by atoms with Gasteiger partial charge in [-0.1, -0.05) is 0 Å². The van der Waals surface area contributed by atoms with Crippen molar-refractivity contribution in [1.29, 1.82) is 0 Å². The van der Waals surface area contributed by atoms with E-state index in [0.29, 0.717) is 35.8 Å². The molecule has 1 aromatic carbocycles. The number of methoxy groups -OCH3 is 1. The Bertz CT molecular complexity index is 1870. The number of nitrogens with one attached hydrogen (secondary N) is 2. The third-order valence-corrected chi connectivity index (χ3v) is 9.33. The van der Waals surface area contributed by atoms with E-state index in [9.17, 15) is 14.7 Å². The molecule has 3 N–H and O–H groups in total. The average Bonchev–Trinajstić information content (AvgIpc) is 3.40. The molecular formula is C31H32N8O4. The van der Waals surface area contributed by atoms with Gasteiger partial charge in [-0.25, -0.2) is 14.8 Å². The summed E-state index contributed by atoms with van der Waals surface area (Å²) in [4.78, 5) is 37.0. The first-order chi connectivity index (χ1) is 21.0. The minimum Gasteiger partial charge on any atom is -0.494 e. The van der Waals surface area contributed by atoms with Crippen LogP contribution in [0.15, 0.2) is 48.9 Å². The molecule has 1 aliphatic heterocycles. The number of carbonyl (C=O) groups is 2. The summed E-state index contributed by atoms with van der Waals surface area (Å²) in [5, 5.41) is 20.1. The summed E-state index contributed by atoms with van der Waals surface area (Å²) in [6.45, 7) is 1.90. The maximum absolute atomic E-state index is 13.9. The third-order valence-electron chi connectivity index (χ3n) is 9.33. The SMILES string of the molecule is COc1cc(C(=O)N2CC3CCC2[C@@H]3NC(=O)O)cc2nc(-c3cc4cccnc4n3CC3CC3)n(Cc3cn[nH]c3)c12. The van der Waals surface area contributed by atoms with Crippen molar-refractivity contribution in [2.24, 2.45) is 11.8 Å². The lowest BCUT2D eigenvalue weighted by Crippen LogP contribution is -2.45. The molecule has 2 amide bonds. The fraction of sp³-hybridized carbons (Fsp3) is 0.387. The van der Waals surface area contributed by atoms with E-state index in [0.717, 1.165) is 53.0 Å². The van der Waals surface area contributed by atoms with Gasteiger partial charge in [-0.15, -0.1) is 0 Å². The number of piperidine rings is 1. The van der Waals surface area contributed by atoms with Gasteiger partial charge in [0.1, 0.15) is 16.9 Å². The van der Waals surface area contributed by atoms with E-state index in [2.05, 4.69) is 36.8 Å². The number of hydrogen-bond acceptors (Lipinski definition) is 6. The highest BCUT2D eigenvalue weighted by Crippen LogP contribution is 2.41. The number of ether oxygens (including phenoxy) is 1. The Kier molecular flexibility index (Phi) is 5.92. The molecular weight excluding hydrogens is 548 g/mol. The molecule has 3 aliphatic rings. The number of carboxylic acid groups (broad SMARTS) is 1. The highest BCUT2D eigenvalue weighted by molar-refractivity contribution is 6.00. The fourth-order valence-electron chi connectivity index (χ4n) is 7.18. The molecule has 5 aromatic rings. The molecule has 3 fully saturated rings. The average molecular weight is 581 g/mol. The highest BCUT2D eigenvalue weighted by Gasteiger charge is 2.49. The number of carbonyl (C=O) groups excluding carboxylic acids is 1. The normalized spacial score (nSPS) is 21.2. The zero-order valence-electron chi connectivity index (χ0n) is 23.7. The molecule has 2 unspecified atom stereocenters. The summed E-state index contributed by atoms with van der Waals surface area (Å²) >= 11 is 0. The van der Waals surface area contributed by atoms with Crippen LogP contribution >= 0.6 is 0 Å². The van der Waals surface area contributed by atoms with Crippen molar-refractivity contribution in [2.45, 2.75) is 50.9 Å². The van der Waals surface area contributed by atoms with E-state index in [-0.39, 0.29) is 23.9 Å². The molecule has 0 spiro atoms. The smallest absolute Gasteiger partial charge is 0.404 e. The van der Waals surface area contributed by atoms with Crippen LogP contribution < -0.4 is 10.1 Å². The van der Waals surface area contributed by atoms with Crippen LogP contribution in [0.25, 0.3) is 33.6 Å². The van der Waals surface area contributed by atoms with E-state index < -0.39 is 6.09 Å². The van der Waals surface area contributed by atoms with Crippen LogP contribution in [-0.4, -0.2) is 77.0 Å². The molecule has 2 saturated carbocycles. The van der Waals surface area contributed by atoms with Crippen LogP contribution in [0.5, 0.6) is 5.75 Å². The number of fused-ring (bicyclic) bond motifs is 4. The van der Waals surface area contributed by atoms with Gasteiger partial charge in [0, 0.05) is 42.0 Å². The van der Waals surface area contributed by atoms with Gasteiger partial charge < -0.3 is 29.2 Å². The second-order valence-electron chi connectivity index (χ2n) is 12.0. The van der Waals surface area contributed by atoms with Crippen LogP contribution in [0.3, 0.4) is 0 Å². The van der Waals surface area contributed by atoms with Gasteiger partial charge in [0.05, 0.1) is 43.1 Å². The second-order valence-corrected chi connectivity index (χ2v) is 12.0. The fourth-order valence-corrected chi connectivity index (χ4v) is 7.18. The number of likely N-dealkylation sites (tertiary alicyclic amines) is 1. The minimum atomic E-state index is -1.05. The zero-order valence-corrected chi connectivity index (χ0v) is 23.7. The topological polar surface area (TPSA) is 143 Å². The van der Waals surface area contributed by atoms with E-state index in [1.54, 1.807) is 19.4 Å². The minimum absolute atomic E-state index is 0.124. The molecule has 220 valence electrons. The third kappa shape index (κ3) is 4.31. The molecule has 3 atom stereocenters. The van der Waals surface area contributed by atoms with Gasteiger partial charge in [0.15, 0.2) is 5.82 Å². The van der Waals surface area contributed by atoms with Crippen molar-refractivity contribution < 1.29 is 19.4 Å². The van der Waals surface area contributed by atoms with Crippen molar-refractivity contribution in [3.05, 3.63) is 60.0 Å². The van der Waals surface area contributed by atoms with Crippen LogP contribution in [-0.2, 0) is 13.1 Å². The lowest BCUT2D eigenvalue weighted by atomic mass is 10.1. The summed E-state index contributed by atoms with van der Waals surface area (Å²) in [7, 11) is 1.61. The number of pyridine rings is 1. The number of benzene rings is 1. The van der Waals surface area contributed by atoms with Crippen LogP contribution in [0.4, 0.5) is 4.79 Å².